The maximum absolute atomic E-state index is 2.49. The third-order valence-electron chi connectivity index (χ3n) is 12.2. The quantitative estimate of drug-likeness (QED) is 0.180. The van der Waals surface area contributed by atoms with E-state index in [-0.39, 0.29) is 0 Å². The molecule has 0 atom stereocenters. The highest BCUT2D eigenvalue weighted by atomic mass is 15.0. The zero-order chi connectivity index (χ0) is 35.5. The summed E-state index contributed by atoms with van der Waals surface area (Å²) in [5.41, 5.74) is 26.2. The van der Waals surface area contributed by atoms with Crippen molar-refractivity contribution in [3.8, 4) is 22.5 Å². The molecule has 2 aromatic heterocycles. The van der Waals surface area contributed by atoms with Gasteiger partial charge in [-0.25, -0.2) is 0 Å². The van der Waals surface area contributed by atoms with E-state index in [1.165, 1.54) is 133 Å². The smallest absolute Gasteiger partial charge is 0.0546 e. The standard InChI is InChI=1S/C48H48N2/c1-25-19-41-43(21-27(25)3)49(45-23-29(5)33(9)35(11)47(41)45)37-13-15-39(31(7)17-37)40-16-14-38(18-32(40)8)50-44-22-28(4)26(2)20-42(44)48-36(12)34(10)30(6)24-46(48)50/h13-24H,1-12H3. The minimum atomic E-state index is 1.21. The second kappa shape index (κ2) is 11.2. The third-order valence-corrected chi connectivity index (χ3v) is 12.2. The van der Waals surface area contributed by atoms with Crippen molar-refractivity contribution < 1.29 is 0 Å². The molecule has 0 aliphatic rings. The molecule has 250 valence electrons. The second-order valence-electron chi connectivity index (χ2n) is 15.3. The van der Waals surface area contributed by atoms with Gasteiger partial charge in [-0.1, -0.05) is 12.1 Å². The fraction of sp³-hybridized carbons (Fsp3) is 0.250. The molecule has 2 heterocycles. The number of rotatable bonds is 3. The second-order valence-corrected chi connectivity index (χ2v) is 15.3. The normalized spacial score (nSPS) is 12.0. The molecule has 0 radical (unpaired) electrons. The number of hydrogen-bond donors (Lipinski definition) is 0. The van der Waals surface area contributed by atoms with E-state index in [0.717, 1.165) is 0 Å². The highest BCUT2D eigenvalue weighted by Crippen LogP contribution is 2.41. The molecular weight excluding hydrogens is 605 g/mol. The van der Waals surface area contributed by atoms with E-state index in [1.54, 1.807) is 0 Å². The van der Waals surface area contributed by atoms with Crippen molar-refractivity contribution in [2.75, 3.05) is 0 Å². The predicted octanol–water partition coefficient (Wildman–Crippen LogP) is 13.2. The van der Waals surface area contributed by atoms with Crippen LogP contribution in [0.5, 0.6) is 0 Å². The number of aryl methyl sites for hydroxylation is 10. The Balaban J connectivity index is 1.29. The van der Waals surface area contributed by atoms with Crippen molar-refractivity contribution >= 4 is 43.6 Å². The molecule has 8 aromatic rings. The van der Waals surface area contributed by atoms with E-state index >= 15 is 0 Å². The summed E-state index contributed by atoms with van der Waals surface area (Å²) in [4.78, 5) is 0. The molecule has 0 spiro atoms. The Morgan fingerprint density at radius 3 is 1.00 bits per heavy atom. The monoisotopic (exact) mass is 652 g/mol. The summed E-state index contributed by atoms with van der Waals surface area (Å²) in [5, 5.41) is 5.42. The lowest BCUT2D eigenvalue weighted by atomic mass is 9.95. The SMILES string of the molecule is Cc1cc2c3c(C)c(C)c(C)cc3n(-c3ccc(-c4ccc(-n5c6cc(C)c(C)cc6c6c(C)c(C)c(C)cc65)cc4C)c(C)c3)c2cc1C. The molecule has 6 aromatic carbocycles. The van der Waals surface area contributed by atoms with E-state index in [2.05, 4.69) is 165 Å². The average Bonchev–Trinajstić information content (AvgIpc) is 3.54. The van der Waals surface area contributed by atoms with Gasteiger partial charge < -0.3 is 9.13 Å². The zero-order valence-corrected chi connectivity index (χ0v) is 31.8. The van der Waals surface area contributed by atoms with E-state index in [9.17, 15) is 0 Å². The van der Waals surface area contributed by atoms with Crippen molar-refractivity contribution in [3.63, 3.8) is 0 Å². The average molecular weight is 653 g/mol. The largest absolute Gasteiger partial charge is 0.309 e. The molecule has 2 nitrogen and oxygen atoms in total. The summed E-state index contributed by atoms with van der Waals surface area (Å²) in [5.74, 6) is 0. The van der Waals surface area contributed by atoms with Gasteiger partial charge >= 0.3 is 0 Å². The lowest BCUT2D eigenvalue weighted by Crippen LogP contribution is -1.99. The Bertz CT molecular complexity index is 2570. The van der Waals surface area contributed by atoms with Crippen molar-refractivity contribution in [3.05, 3.63) is 140 Å². The number of benzene rings is 6. The minimum absolute atomic E-state index is 1.21. The van der Waals surface area contributed by atoms with Gasteiger partial charge in [0.15, 0.2) is 0 Å². The van der Waals surface area contributed by atoms with Crippen LogP contribution in [0.2, 0.25) is 0 Å². The zero-order valence-electron chi connectivity index (χ0n) is 31.8. The van der Waals surface area contributed by atoms with Crippen LogP contribution in [0.15, 0.2) is 72.8 Å². The first-order valence-electron chi connectivity index (χ1n) is 18.0. The van der Waals surface area contributed by atoms with E-state index < -0.39 is 0 Å². The minimum Gasteiger partial charge on any atom is -0.309 e. The first-order chi connectivity index (χ1) is 23.8. The Kier molecular flexibility index (Phi) is 7.21. The maximum atomic E-state index is 2.49. The lowest BCUT2D eigenvalue weighted by Gasteiger charge is -2.16. The van der Waals surface area contributed by atoms with E-state index in [0.29, 0.717) is 0 Å². The third kappa shape index (κ3) is 4.54. The van der Waals surface area contributed by atoms with Crippen LogP contribution in [0.25, 0.3) is 66.1 Å². The number of aromatic nitrogens is 2. The predicted molar refractivity (Wildman–Crippen MR) is 217 cm³/mol. The Labute approximate surface area is 297 Å². The molecule has 50 heavy (non-hydrogen) atoms. The van der Waals surface area contributed by atoms with Gasteiger partial charge in [0, 0.05) is 32.9 Å². The summed E-state index contributed by atoms with van der Waals surface area (Å²) in [6.45, 7) is 27.0. The number of fused-ring (bicyclic) bond motifs is 6. The fourth-order valence-corrected chi connectivity index (χ4v) is 8.52. The molecule has 0 N–H and O–H groups in total. The van der Waals surface area contributed by atoms with Crippen LogP contribution >= 0.6 is 0 Å². The highest BCUT2D eigenvalue weighted by Gasteiger charge is 2.20. The maximum Gasteiger partial charge on any atom is 0.0546 e. The molecule has 0 bridgehead atoms. The van der Waals surface area contributed by atoms with Crippen LogP contribution in [0.4, 0.5) is 0 Å². The number of hydrogen-bond acceptors (Lipinski definition) is 0. The van der Waals surface area contributed by atoms with Crippen molar-refractivity contribution in [2.45, 2.75) is 83.1 Å². The van der Waals surface area contributed by atoms with Gasteiger partial charge in [-0.05, 0) is 222 Å². The van der Waals surface area contributed by atoms with Gasteiger partial charge in [-0.15, -0.1) is 0 Å². The lowest BCUT2D eigenvalue weighted by molar-refractivity contribution is 1.15. The summed E-state index contributed by atoms with van der Waals surface area (Å²) in [7, 11) is 0. The van der Waals surface area contributed by atoms with Gasteiger partial charge in [0.05, 0.1) is 22.1 Å². The summed E-state index contributed by atoms with van der Waals surface area (Å²) in [6.07, 6.45) is 0. The molecule has 0 saturated carbocycles. The van der Waals surface area contributed by atoms with E-state index in [4.69, 9.17) is 0 Å². The van der Waals surface area contributed by atoms with Crippen LogP contribution in [0.3, 0.4) is 0 Å². The van der Waals surface area contributed by atoms with Gasteiger partial charge in [0.2, 0.25) is 0 Å². The van der Waals surface area contributed by atoms with Crippen LogP contribution in [0.1, 0.15) is 66.8 Å². The van der Waals surface area contributed by atoms with Crippen LogP contribution < -0.4 is 0 Å². The van der Waals surface area contributed by atoms with Crippen LogP contribution in [0, 0.1) is 83.1 Å². The molecule has 8 rings (SSSR count). The van der Waals surface area contributed by atoms with Gasteiger partial charge in [-0.2, -0.15) is 0 Å². The first kappa shape index (κ1) is 32.1. The Hall–Kier alpha value is -5.08. The molecule has 0 fully saturated rings. The van der Waals surface area contributed by atoms with Crippen molar-refractivity contribution in [1.29, 1.82) is 0 Å². The van der Waals surface area contributed by atoms with Crippen LogP contribution in [-0.2, 0) is 0 Å². The summed E-state index contributed by atoms with van der Waals surface area (Å²) >= 11 is 0. The van der Waals surface area contributed by atoms with Crippen molar-refractivity contribution in [1.82, 2.24) is 9.13 Å². The van der Waals surface area contributed by atoms with Crippen molar-refractivity contribution in [2.24, 2.45) is 0 Å². The molecule has 0 saturated heterocycles. The summed E-state index contributed by atoms with van der Waals surface area (Å²) < 4.78 is 4.97. The molecule has 2 heteroatoms. The molecular formula is C48H48N2. The topological polar surface area (TPSA) is 9.86 Å². The molecule has 0 aliphatic carbocycles. The van der Waals surface area contributed by atoms with Gasteiger partial charge in [0.25, 0.3) is 0 Å². The van der Waals surface area contributed by atoms with Crippen LogP contribution in [-0.4, -0.2) is 9.13 Å². The summed E-state index contributed by atoms with van der Waals surface area (Å²) in [6, 6.07) is 28.4. The molecule has 0 aliphatic heterocycles. The number of nitrogens with zero attached hydrogens (tertiary/aromatic N) is 2. The Morgan fingerprint density at radius 1 is 0.300 bits per heavy atom. The van der Waals surface area contributed by atoms with Gasteiger partial charge in [0.1, 0.15) is 0 Å². The van der Waals surface area contributed by atoms with E-state index in [1.807, 2.05) is 0 Å². The molecule has 0 unspecified atom stereocenters. The Morgan fingerprint density at radius 2 is 0.640 bits per heavy atom. The first-order valence-corrected chi connectivity index (χ1v) is 18.0. The van der Waals surface area contributed by atoms with Gasteiger partial charge in [-0.3, -0.25) is 0 Å². The molecule has 0 amide bonds. The highest BCUT2D eigenvalue weighted by molar-refractivity contribution is 6.13. The fourth-order valence-electron chi connectivity index (χ4n) is 8.52.